The molecule has 3 aliphatic heterocycles. The van der Waals surface area contributed by atoms with Crippen LogP contribution in [0.25, 0.3) is 11.1 Å². The second-order valence-corrected chi connectivity index (χ2v) is 15.2. The molecule has 0 radical (unpaired) electrons. The van der Waals surface area contributed by atoms with Crippen LogP contribution in [0.4, 0.5) is 11.4 Å². The predicted octanol–water partition coefficient (Wildman–Crippen LogP) is 6.96. The first-order valence-electron chi connectivity index (χ1n) is 20.0. The molecule has 0 unspecified atom stereocenters. The normalized spacial score (nSPS) is 21.8. The van der Waals surface area contributed by atoms with Crippen molar-refractivity contribution in [3.05, 3.63) is 119 Å². The van der Waals surface area contributed by atoms with E-state index in [1.165, 1.54) is 38.8 Å². The predicted molar refractivity (Wildman–Crippen MR) is 216 cm³/mol. The van der Waals surface area contributed by atoms with Crippen LogP contribution < -0.4 is 16.4 Å². The van der Waals surface area contributed by atoms with Gasteiger partial charge in [0.25, 0.3) is 0 Å². The third-order valence-corrected chi connectivity index (χ3v) is 11.2. The van der Waals surface area contributed by atoms with Gasteiger partial charge in [-0.3, -0.25) is 14.5 Å². The number of amides is 2. The van der Waals surface area contributed by atoms with Crippen LogP contribution in [0.1, 0.15) is 86.0 Å². The van der Waals surface area contributed by atoms with Crippen LogP contribution in [-0.2, 0) is 32.2 Å². The minimum Gasteiger partial charge on any atom is -0.397 e. The summed E-state index contributed by atoms with van der Waals surface area (Å²) >= 11 is 0. The highest BCUT2D eigenvalue weighted by Crippen LogP contribution is 2.40. The lowest BCUT2D eigenvalue weighted by atomic mass is 9.98. The summed E-state index contributed by atoms with van der Waals surface area (Å²) in [4.78, 5) is 30.3. The van der Waals surface area contributed by atoms with Crippen LogP contribution >= 0.6 is 0 Å². The van der Waals surface area contributed by atoms with Gasteiger partial charge in [-0.1, -0.05) is 72.8 Å². The van der Waals surface area contributed by atoms with Crippen molar-refractivity contribution < 1.29 is 24.2 Å². The first kappa shape index (κ1) is 38.7. The number of nitrogens with zero attached hydrogens (tertiary/aromatic N) is 2. The van der Waals surface area contributed by atoms with Gasteiger partial charge in [-0.25, -0.2) is 0 Å². The molecule has 55 heavy (non-hydrogen) atoms. The van der Waals surface area contributed by atoms with Crippen molar-refractivity contribution in [3.8, 4) is 11.1 Å². The first-order chi connectivity index (χ1) is 26.9. The summed E-state index contributed by atoms with van der Waals surface area (Å²) in [6, 6.07) is 32.3. The van der Waals surface area contributed by atoms with Gasteiger partial charge < -0.3 is 35.8 Å². The summed E-state index contributed by atoms with van der Waals surface area (Å²) in [6.07, 6.45) is 6.12. The fourth-order valence-corrected chi connectivity index (χ4v) is 8.15. The zero-order valence-corrected chi connectivity index (χ0v) is 31.7. The third kappa shape index (κ3) is 10.6. The molecule has 10 heteroatoms. The summed E-state index contributed by atoms with van der Waals surface area (Å²) in [5.74, 6) is -0.266. The highest BCUT2D eigenvalue weighted by Gasteiger charge is 2.36. The lowest BCUT2D eigenvalue weighted by Crippen LogP contribution is -2.45. The molecule has 3 aliphatic rings. The van der Waals surface area contributed by atoms with Crippen molar-refractivity contribution in [2.45, 2.75) is 89.1 Å². The van der Waals surface area contributed by atoms with Crippen LogP contribution in [-0.4, -0.2) is 71.6 Å². The highest BCUT2D eigenvalue weighted by molar-refractivity contribution is 5.94. The number of carbonyl (C=O) groups excluding carboxylic acids is 2. The number of nitrogen functional groups attached to an aromatic ring is 1. The smallest absolute Gasteiger partial charge is 0.224 e. The van der Waals surface area contributed by atoms with Crippen LogP contribution in [0.2, 0.25) is 0 Å². The van der Waals surface area contributed by atoms with Gasteiger partial charge in [-0.15, -0.1) is 0 Å². The van der Waals surface area contributed by atoms with Gasteiger partial charge in [-0.05, 0) is 104 Å². The second-order valence-electron chi connectivity index (χ2n) is 15.2. The van der Waals surface area contributed by atoms with Crippen molar-refractivity contribution in [1.29, 1.82) is 0 Å². The van der Waals surface area contributed by atoms with Gasteiger partial charge in [-0.2, -0.15) is 0 Å². The third-order valence-electron chi connectivity index (χ3n) is 11.2. The van der Waals surface area contributed by atoms with Gasteiger partial charge >= 0.3 is 0 Å². The molecule has 2 amide bonds. The Kier molecular flexibility index (Phi) is 13.3. The Hall–Kier alpha value is -4.58. The Labute approximate surface area is 325 Å². The molecule has 3 heterocycles. The van der Waals surface area contributed by atoms with Crippen molar-refractivity contribution in [2.24, 2.45) is 0 Å². The average Bonchev–Trinajstić information content (AvgIpc) is 3.90. The van der Waals surface area contributed by atoms with E-state index in [0.29, 0.717) is 30.4 Å². The molecule has 4 aromatic carbocycles. The number of hydrogen-bond acceptors (Lipinski definition) is 8. The molecule has 0 aliphatic carbocycles. The number of anilines is 2. The Morgan fingerprint density at radius 3 is 2.33 bits per heavy atom. The maximum atomic E-state index is 12.7. The first-order valence-corrected chi connectivity index (χ1v) is 20.0. The summed E-state index contributed by atoms with van der Waals surface area (Å²) in [6.45, 7) is 5.97. The summed E-state index contributed by atoms with van der Waals surface area (Å²) in [5, 5.41) is 15.5. The summed E-state index contributed by atoms with van der Waals surface area (Å²) < 4.78 is 13.5. The molecule has 0 saturated carbocycles. The molecule has 4 aromatic rings. The van der Waals surface area contributed by atoms with Crippen LogP contribution in [0.3, 0.4) is 0 Å². The molecular formula is C45H55N5O5. The van der Waals surface area contributed by atoms with Gasteiger partial charge in [0.1, 0.15) is 0 Å². The van der Waals surface area contributed by atoms with Crippen LogP contribution in [0.5, 0.6) is 0 Å². The maximum Gasteiger partial charge on any atom is 0.224 e. The zero-order chi connectivity index (χ0) is 38.0. The Morgan fingerprint density at radius 2 is 1.53 bits per heavy atom. The van der Waals surface area contributed by atoms with Crippen molar-refractivity contribution in [3.63, 3.8) is 0 Å². The van der Waals surface area contributed by atoms with Crippen molar-refractivity contribution >= 4 is 23.2 Å². The van der Waals surface area contributed by atoms with E-state index in [1.54, 1.807) is 12.1 Å². The monoisotopic (exact) mass is 745 g/mol. The number of nitrogens with one attached hydrogen (secondary N) is 2. The molecule has 0 spiro atoms. The fraction of sp³-hybridized carbons (Fsp3) is 0.422. The van der Waals surface area contributed by atoms with Crippen LogP contribution in [0.15, 0.2) is 97.1 Å². The van der Waals surface area contributed by atoms with E-state index in [4.69, 9.17) is 15.2 Å². The molecule has 10 nitrogen and oxygen atoms in total. The lowest BCUT2D eigenvalue weighted by Gasteiger charge is -2.39. The fourth-order valence-electron chi connectivity index (χ4n) is 8.15. The molecule has 7 rings (SSSR count). The SMILES string of the molecule is Nc1ccccc1NC(=O)CCCC(=O)NCc1cccc(-c2cccc([C@@H]3O[C@H](CN4CCC[C@H]4CN4CCCC4)C[C@H](c4ccc(CO)cc4)O3)c2)c1. The minimum atomic E-state index is -0.532. The number of ether oxygens (including phenoxy) is 2. The molecule has 3 saturated heterocycles. The number of carbonyl (C=O) groups is 2. The van der Waals surface area contributed by atoms with Crippen LogP contribution in [0, 0.1) is 0 Å². The van der Waals surface area contributed by atoms with E-state index in [1.807, 2.05) is 36.4 Å². The topological polar surface area (TPSA) is 129 Å². The van der Waals surface area contributed by atoms with E-state index < -0.39 is 6.29 Å². The number of aliphatic hydroxyl groups excluding tert-OH is 1. The minimum absolute atomic E-state index is 0.00749. The number of para-hydroxylation sites is 2. The quantitative estimate of drug-likeness (QED) is 0.0963. The lowest BCUT2D eigenvalue weighted by molar-refractivity contribution is -0.253. The molecular weight excluding hydrogens is 691 g/mol. The number of aliphatic hydroxyl groups is 1. The zero-order valence-electron chi connectivity index (χ0n) is 31.7. The Morgan fingerprint density at radius 1 is 0.764 bits per heavy atom. The number of likely N-dealkylation sites (tertiary alicyclic amines) is 2. The van der Waals surface area contributed by atoms with E-state index >= 15 is 0 Å². The van der Waals surface area contributed by atoms with E-state index in [2.05, 4.69) is 69.0 Å². The average molecular weight is 746 g/mol. The van der Waals surface area contributed by atoms with Crippen molar-refractivity contribution in [2.75, 3.05) is 43.8 Å². The summed E-state index contributed by atoms with van der Waals surface area (Å²) in [7, 11) is 0. The summed E-state index contributed by atoms with van der Waals surface area (Å²) in [5.41, 5.74) is 13.0. The number of rotatable bonds is 15. The van der Waals surface area contributed by atoms with Gasteiger partial charge in [0.05, 0.1) is 30.2 Å². The molecule has 0 aromatic heterocycles. The van der Waals surface area contributed by atoms with E-state index in [-0.39, 0.29) is 43.5 Å². The number of nitrogens with two attached hydrogens (primary N) is 1. The molecule has 5 N–H and O–H groups in total. The van der Waals surface area contributed by atoms with Crippen molar-refractivity contribution in [1.82, 2.24) is 15.1 Å². The largest absolute Gasteiger partial charge is 0.397 e. The van der Waals surface area contributed by atoms with Gasteiger partial charge in [0, 0.05) is 50.5 Å². The number of hydrogen-bond donors (Lipinski definition) is 4. The molecule has 4 atom stereocenters. The number of benzene rings is 4. The molecule has 290 valence electrons. The molecule has 0 bridgehead atoms. The van der Waals surface area contributed by atoms with Gasteiger partial charge in [0.15, 0.2) is 6.29 Å². The highest BCUT2D eigenvalue weighted by atomic mass is 16.7. The Balaban J connectivity index is 0.981. The standard InChI is InChI=1S/C45H55N5O5/c46-40-14-1-2-15-41(40)48-44(53)17-7-16-43(52)47-28-33-9-5-10-35(25-33)36-11-6-12-37(26-36)45-54-39(27-42(55-45)34-20-18-32(31-51)19-21-34)30-50-24-8-13-38(50)29-49-22-3-4-23-49/h1-2,5-6,9-12,14-15,18-21,25-26,38-39,42,45,51H,3-4,7-8,13,16-17,22-24,27-31,46H2,(H,47,52)(H,48,53)/t38-,39-,42+,45+/m0/s1. The van der Waals surface area contributed by atoms with E-state index in [0.717, 1.165) is 59.4 Å². The van der Waals surface area contributed by atoms with Gasteiger partial charge in [0.2, 0.25) is 11.8 Å². The Bertz CT molecular complexity index is 1880. The van der Waals surface area contributed by atoms with E-state index in [9.17, 15) is 14.7 Å². The molecule has 3 fully saturated rings. The maximum absolute atomic E-state index is 12.7. The second kappa shape index (κ2) is 18.8.